The van der Waals surface area contributed by atoms with Crippen molar-refractivity contribution in [2.24, 2.45) is 0 Å². The van der Waals surface area contributed by atoms with Crippen molar-refractivity contribution in [3.8, 4) is 34.3 Å². The Bertz CT molecular complexity index is 1560. The molecule has 2 heterocycles. The molecule has 3 aromatic carbocycles. The summed E-state index contributed by atoms with van der Waals surface area (Å²) in [6, 6.07) is 25.0. The van der Waals surface area contributed by atoms with Gasteiger partial charge >= 0.3 is 0 Å². The van der Waals surface area contributed by atoms with E-state index in [4.69, 9.17) is 13.9 Å². The zero-order chi connectivity index (χ0) is 26.5. The van der Waals surface area contributed by atoms with E-state index in [0.29, 0.717) is 45.0 Å². The van der Waals surface area contributed by atoms with Gasteiger partial charge < -0.3 is 24.5 Å². The molecule has 190 valence electrons. The van der Waals surface area contributed by atoms with Gasteiger partial charge in [0.2, 0.25) is 5.89 Å². The lowest BCUT2D eigenvalue weighted by Crippen LogP contribution is -2.14. The summed E-state index contributed by atoms with van der Waals surface area (Å²) in [5, 5.41) is 7.57. The number of hydrogen-bond donors (Lipinski definition) is 2. The Hall–Kier alpha value is -4.89. The molecule has 0 unspecified atom stereocenters. The number of hydrogen-bond acceptors (Lipinski definition) is 7. The molecule has 5 aromatic rings. The average Bonchev–Trinajstić information content (AvgIpc) is 3.65. The number of nitrogens with zero attached hydrogens (tertiary/aromatic N) is 1. The molecule has 0 radical (unpaired) electrons. The van der Waals surface area contributed by atoms with Crippen molar-refractivity contribution in [1.29, 1.82) is 0 Å². The van der Waals surface area contributed by atoms with Crippen LogP contribution in [0.3, 0.4) is 0 Å². The quantitative estimate of drug-likeness (QED) is 0.237. The number of carbonyl (C=O) groups excluding carboxylic acids is 2. The summed E-state index contributed by atoms with van der Waals surface area (Å²) in [6.07, 6.45) is 0. The van der Waals surface area contributed by atoms with E-state index >= 15 is 0 Å². The van der Waals surface area contributed by atoms with E-state index in [-0.39, 0.29) is 11.6 Å². The van der Waals surface area contributed by atoms with Crippen LogP contribution in [-0.2, 0) is 0 Å². The topological polar surface area (TPSA) is 103 Å². The van der Waals surface area contributed by atoms with Crippen LogP contribution in [0.15, 0.2) is 94.7 Å². The molecule has 2 N–H and O–H groups in total. The van der Waals surface area contributed by atoms with Crippen LogP contribution < -0.4 is 20.1 Å². The van der Waals surface area contributed by atoms with Gasteiger partial charge in [-0.1, -0.05) is 24.3 Å². The maximum absolute atomic E-state index is 13.5. The first-order chi connectivity index (χ1) is 18.6. The molecule has 0 spiro atoms. The lowest BCUT2D eigenvalue weighted by molar-refractivity contribution is 0.101. The highest BCUT2D eigenvalue weighted by atomic mass is 32.1. The van der Waals surface area contributed by atoms with Crippen LogP contribution in [-0.4, -0.2) is 31.0 Å². The highest BCUT2D eigenvalue weighted by molar-refractivity contribution is 7.12. The maximum Gasteiger partial charge on any atom is 0.278 e. The third-order valence-electron chi connectivity index (χ3n) is 5.67. The summed E-state index contributed by atoms with van der Waals surface area (Å²) >= 11 is 1.37. The fourth-order valence-corrected chi connectivity index (χ4v) is 4.39. The zero-order valence-electron chi connectivity index (χ0n) is 20.6. The van der Waals surface area contributed by atoms with E-state index in [1.165, 1.54) is 18.4 Å². The molecular formula is C29H23N3O5S. The molecule has 0 aliphatic carbocycles. The number of methoxy groups -OCH3 is 2. The number of anilines is 2. The van der Waals surface area contributed by atoms with Gasteiger partial charge in [-0.15, -0.1) is 11.3 Å². The van der Waals surface area contributed by atoms with E-state index in [9.17, 15) is 9.59 Å². The molecule has 2 aromatic heterocycles. The number of thiophene rings is 1. The number of ether oxygens (including phenoxy) is 2. The third-order valence-corrected chi connectivity index (χ3v) is 6.54. The molecule has 38 heavy (non-hydrogen) atoms. The van der Waals surface area contributed by atoms with Crippen LogP contribution in [0, 0.1) is 0 Å². The first kappa shape index (κ1) is 24.8. The monoisotopic (exact) mass is 525 g/mol. The van der Waals surface area contributed by atoms with Crippen molar-refractivity contribution in [3.05, 3.63) is 101 Å². The maximum atomic E-state index is 13.5. The summed E-state index contributed by atoms with van der Waals surface area (Å²) in [5.41, 5.74) is 2.49. The van der Waals surface area contributed by atoms with Gasteiger partial charge in [-0.25, -0.2) is 4.98 Å². The number of benzene rings is 3. The second-order valence-electron chi connectivity index (χ2n) is 8.09. The van der Waals surface area contributed by atoms with Crippen LogP contribution in [0.2, 0.25) is 0 Å². The molecule has 0 saturated carbocycles. The highest BCUT2D eigenvalue weighted by Gasteiger charge is 2.24. The van der Waals surface area contributed by atoms with Crippen LogP contribution in [0.25, 0.3) is 22.8 Å². The minimum atomic E-state index is -0.479. The third kappa shape index (κ3) is 5.28. The largest absolute Gasteiger partial charge is 0.497 e. The van der Waals surface area contributed by atoms with Crippen LogP contribution in [0.4, 0.5) is 11.4 Å². The second kappa shape index (κ2) is 11.0. The van der Waals surface area contributed by atoms with Crippen LogP contribution >= 0.6 is 11.3 Å². The Morgan fingerprint density at radius 2 is 1.61 bits per heavy atom. The average molecular weight is 526 g/mol. The predicted molar refractivity (Wildman–Crippen MR) is 147 cm³/mol. The van der Waals surface area contributed by atoms with Crippen molar-refractivity contribution < 1.29 is 23.5 Å². The first-order valence-corrected chi connectivity index (χ1v) is 12.5. The SMILES string of the molecule is COc1ccc(OC)c(NC(=O)c2nc(-c3ccccc3)oc2-c2ccc(NC(=O)c3cccs3)cc2)c1. The Morgan fingerprint density at radius 3 is 2.29 bits per heavy atom. The van der Waals surface area contributed by atoms with Gasteiger partial charge in [0.15, 0.2) is 11.5 Å². The lowest BCUT2D eigenvalue weighted by atomic mass is 10.1. The molecule has 2 amide bonds. The summed E-state index contributed by atoms with van der Waals surface area (Å²) < 4.78 is 16.8. The van der Waals surface area contributed by atoms with E-state index in [0.717, 1.165) is 5.56 Å². The van der Waals surface area contributed by atoms with E-state index in [1.807, 2.05) is 41.8 Å². The number of amides is 2. The van der Waals surface area contributed by atoms with Gasteiger partial charge in [-0.3, -0.25) is 9.59 Å². The molecule has 0 atom stereocenters. The smallest absolute Gasteiger partial charge is 0.278 e. The Labute approximate surface area is 222 Å². The molecule has 5 rings (SSSR count). The number of nitrogens with one attached hydrogen (secondary N) is 2. The number of carbonyl (C=O) groups is 2. The van der Waals surface area contributed by atoms with Crippen LogP contribution in [0.5, 0.6) is 11.5 Å². The van der Waals surface area contributed by atoms with E-state index in [1.54, 1.807) is 55.6 Å². The number of aromatic nitrogens is 1. The lowest BCUT2D eigenvalue weighted by Gasteiger charge is -2.11. The van der Waals surface area contributed by atoms with Gasteiger partial charge in [0, 0.05) is 22.9 Å². The number of oxazole rings is 1. The summed E-state index contributed by atoms with van der Waals surface area (Å²) in [6.45, 7) is 0. The van der Waals surface area contributed by atoms with Crippen molar-refractivity contribution >= 4 is 34.5 Å². The Kier molecular flexibility index (Phi) is 7.19. The highest BCUT2D eigenvalue weighted by Crippen LogP contribution is 2.33. The fraction of sp³-hybridized carbons (Fsp3) is 0.0690. The van der Waals surface area contributed by atoms with Crippen molar-refractivity contribution in [1.82, 2.24) is 4.98 Å². The molecule has 0 bridgehead atoms. The molecule has 8 nitrogen and oxygen atoms in total. The Morgan fingerprint density at radius 1 is 0.816 bits per heavy atom. The van der Waals surface area contributed by atoms with E-state index < -0.39 is 5.91 Å². The van der Waals surface area contributed by atoms with Crippen LogP contribution in [0.1, 0.15) is 20.2 Å². The molecule has 0 fully saturated rings. The fourth-order valence-electron chi connectivity index (χ4n) is 3.77. The molecule has 0 saturated heterocycles. The van der Waals surface area contributed by atoms with Gasteiger partial charge in [0.25, 0.3) is 11.8 Å². The molecule has 0 aliphatic rings. The number of rotatable bonds is 8. The Balaban J connectivity index is 1.48. The minimum Gasteiger partial charge on any atom is -0.497 e. The predicted octanol–water partition coefficient (Wildman–Crippen LogP) is 6.59. The van der Waals surface area contributed by atoms with Gasteiger partial charge in [0.1, 0.15) is 11.5 Å². The summed E-state index contributed by atoms with van der Waals surface area (Å²) in [4.78, 5) is 31.0. The van der Waals surface area contributed by atoms with Crippen molar-refractivity contribution in [3.63, 3.8) is 0 Å². The summed E-state index contributed by atoms with van der Waals surface area (Å²) in [5.74, 6) is 0.960. The normalized spacial score (nSPS) is 10.6. The van der Waals surface area contributed by atoms with Gasteiger partial charge in [-0.2, -0.15) is 0 Å². The van der Waals surface area contributed by atoms with E-state index in [2.05, 4.69) is 15.6 Å². The van der Waals surface area contributed by atoms with Crippen molar-refractivity contribution in [2.45, 2.75) is 0 Å². The summed E-state index contributed by atoms with van der Waals surface area (Å²) in [7, 11) is 3.06. The minimum absolute atomic E-state index is 0.101. The van der Waals surface area contributed by atoms with Gasteiger partial charge in [-0.05, 0) is 60.0 Å². The molecule has 0 aliphatic heterocycles. The molecule has 9 heteroatoms. The first-order valence-electron chi connectivity index (χ1n) is 11.6. The second-order valence-corrected chi connectivity index (χ2v) is 9.04. The standard InChI is InChI=1S/C29H23N3O5S/c1-35-21-14-15-23(36-2)22(17-21)31-28(34)25-26(37-29(32-25)19-7-4-3-5-8-19)18-10-12-20(13-11-18)30-27(33)24-9-6-16-38-24/h3-17H,1-2H3,(H,30,33)(H,31,34). The van der Waals surface area contributed by atoms with Gasteiger partial charge in [0.05, 0.1) is 24.8 Å². The van der Waals surface area contributed by atoms with Crippen molar-refractivity contribution in [2.75, 3.05) is 24.9 Å². The zero-order valence-corrected chi connectivity index (χ0v) is 21.4. The molecular weight excluding hydrogens is 502 g/mol.